The van der Waals surface area contributed by atoms with E-state index in [1.165, 1.54) is 68.4 Å². The molecule has 5 N–H and O–H groups in total. The first-order valence-corrected chi connectivity index (χ1v) is 12.0. The Hall–Kier alpha value is -1.67. The molecule has 2 aromatic rings. The van der Waals surface area contributed by atoms with Crippen molar-refractivity contribution >= 4 is 16.7 Å². The maximum atomic E-state index is 4.67. The van der Waals surface area contributed by atoms with Crippen LogP contribution in [-0.4, -0.2) is 54.8 Å². The third-order valence-electron chi connectivity index (χ3n) is 8.01. The standard InChI is InChI=1S/C23H35N7/c1-2-10-30(11-3-1)21-6-9-25-23-17(21)13-19(27-23)22-16-12-18(15-4-7-24-8-5-15)26-14-20(16)28-29-22/h6,9,13,15-16,18,20,22,24,26,28-29H,1-5,7-8,10-12,14H2,(H,25,27). The van der Waals surface area contributed by atoms with Gasteiger partial charge in [-0.2, -0.15) is 0 Å². The van der Waals surface area contributed by atoms with Crippen molar-refractivity contribution < 1.29 is 0 Å². The van der Waals surface area contributed by atoms with Crippen LogP contribution in [0.4, 0.5) is 5.69 Å². The Morgan fingerprint density at radius 1 is 1.00 bits per heavy atom. The molecule has 0 amide bonds. The fraction of sp³-hybridized carbons (Fsp3) is 0.696. The van der Waals surface area contributed by atoms with E-state index in [9.17, 15) is 0 Å². The Bertz CT molecular complexity index is 868. The average Bonchev–Trinajstić information content (AvgIpc) is 3.43. The van der Waals surface area contributed by atoms with Crippen LogP contribution in [-0.2, 0) is 0 Å². The van der Waals surface area contributed by atoms with Gasteiger partial charge in [-0.05, 0) is 69.7 Å². The molecule has 0 saturated carbocycles. The number of hydrogen-bond acceptors (Lipinski definition) is 6. The number of nitrogens with zero attached hydrogens (tertiary/aromatic N) is 2. The molecule has 6 rings (SSSR count). The lowest BCUT2D eigenvalue weighted by molar-refractivity contribution is 0.185. The van der Waals surface area contributed by atoms with E-state index in [0.717, 1.165) is 31.2 Å². The van der Waals surface area contributed by atoms with E-state index < -0.39 is 0 Å². The molecular weight excluding hydrogens is 374 g/mol. The summed E-state index contributed by atoms with van der Waals surface area (Å²) in [5.41, 5.74) is 10.9. The Labute approximate surface area is 178 Å². The molecule has 0 bridgehead atoms. The van der Waals surface area contributed by atoms with Crippen molar-refractivity contribution in [1.29, 1.82) is 0 Å². The molecule has 4 aliphatic rings. The number of fused-ring (bicyclic) bond motifs is 2. The van der Waals surface area contributed by atoms with Crippen molar-refractivity contribution in [3.05, 3.63) is 24.0 Å². The monoisotopic (exact) mass is 409 g/mol. The lowest BCUT2D eigenvalue weighted by Crippen LogP contribution is -2.53. The van der Waals surface area contributed by atoms with Crippen molar-refractivity contribution in [2.24, 2.45) is 11.8 Å². The quantitative estimate of drug-likeness (QED) is 0.534. The molecule has 7 nitrogen and oxygen atoms in total. The van der Waals surface area contributed by atoms with Crippen LogP contribution < -0.4 is 26.4 Å². The van der Waals surface area contributed by atoms with Gasteiger partial charge < -0.3 is 20.5 Å². The molecule has 2 aromatic heterocycles. The molecule has 4 fully saturated rings. The summed E-state index contributed by atoms with van der Waals surface area (Å²) in [5, 5.41) is 8.65. The first-order valence-electron chi connectivity index (χ1n) is 12.0. The Morgan fingerprint density at radius 3 is 2.73 bits per heavy atom. The molecule has 0 aliphatic carbocycles. The topological polar surface area (TPSA) is 80.0 Å². The van der Waals surface area contributed by atoms with Crippen molar-refractivity contribution in [3.63, 3.8) is 0 Å². The summed E-state index contributed by atoms with van der Waals surface area (Å²) in [7, 11) is 0. The maximum Gasteiger partial charge on any atom is 0.139 e. The van der Waals surface area contributed by atoms with E-state index in [-0.39, 0.29) is 0 Å². The predicted molar refractivity (Wildman–Crippen MR) is 120 cm³/mol. The zero-order valence-corrected chi connectivity index (χ0v) is 17.8. The normalized spacial score (nSPS) is 33.1. The molecule has 6 heterocycles. The van der Waals surface area contributed by atoms with Gasteiger partial charge in [-0.15, -0.1) is 0 Å². The molecule has 7 heteroatoms. The fourth-order valence-corrected chi connectivity index (χ4v) is 6.33. The number of hydrogen-bond donors (Lipinski definition) is 5. The van der Waals surface area contributed by atoms with Crippen LogP contribution in [0.3, 0.4) is 0 Å². The van der Waals surface area contributed by atoms with Gasteiger partial charge in [0.25, 0.3) is 0 Å². The van der Waals surface area contributed by atoms with E-state index in [0.29, 0.717) is 24.0 Å². The number of H-pyrrole nitrogens is 1. The minimum Gasteiger partial charge on any atom is -0.371 e. The van der Waals surface area contributed by atoms with Crippen LogP contribution >= 0.6 is 0 Å². The van der Waals surface area contributed by atoms with Crippen LogP contribution in [0.25, 0.3) is 11.0 Å². The Kier molecular flexibility index (Phi) is 5.15. The third-order valence-corrected chi connectivity index (χ3v) is 8.01. The number of piperidine rings is 3. The molecular formula is C23H35N7. The highest BCUT2D eigenvalue weighted by Crippen LogP contribution is 2.38. The number of nitrogens with one attached hydrogen (secondary N) is 5. The highest BCUT2D eigenvalue weighted by atomic mass is 15.4. The second-order valence-corrected chi connectivity index (χ2v) is 9.74. The van der Waals surface area contributed by atoms with E-state index in [1.54, 1.807) is 0 Å². The van der Waals surface area contributed by atoms with Crippen LogP contribution in [0.5, 0.6) is 0 Å². The van der Waals surface area contributed by atoms with Gasteiger partial charge in [0.05, 0.1) is 6.04 Å². The highest BCUT2D eigenvalue weighted by Gasteiger charge is 2.43. The van der Waals surface area contributed by atoms with E-state index in [2.05, 4.69) is 48.5 Å². The molecule has 4 saturated heterocycles. The summed E-state index contributed by atoms with van der Waals surface area (Å²) in [4.78, 5) is 10.9. The second-order valence-electron chi connectivity index (χ2n) is 9.74. The van der Waals surface area contributed by atoms with Crippen LogP contribution in [0.1, 0.15) is 50.3 Å². The molecule has 4 atom stereocenters. The van der Waals surface area contributed by atoms with Gasteiger partial charge in [-0.1, -0.05) is 0 Å². The zero-order valence-electron chi connectivity index (χ0n) is 17.8. The number of pyridine rings is 1. The van der Waals surface area contributed by atoms with E-state index >= 15 is 0 Å². The average molecular weight is 410 g/mol. The van der Waals surface area contributed by atoms with Gasteiger partial charge in [0.15, 0.2) is 0 Å². The lowest BCUT2D eigenvalue weighted by atomic mass is 9.77. The Morgan fingerprint density at radius 2 is 1.87 bits per heavy atom. The van der Waals surface area contributed by atoms with Gasteiger partial charge >= 0.3 is 0 Å². The van der Waals surface area contributed by atoms with Crippen LogP contribution in [0.2, 0.25) is 0 Å². The van der Waals surface area contributed by atoms with Gasteiger partial charge in [0, 0.05) is 60.6 Å². The summed E-state index contributed by atoms with van der Waals surface area (Å²) in [6, 6.07) is 6.03. The highest BCUT2D eigenvalue weighted by molar-refractivity contribution is 5.90. The minimum absolute atomic E-state index is 0.324. The minimum atomic E-state index is 0.324. The van der Waals surface area contributed by atoms with Gasteiger partial charge in [0.2, 0.25) is 0 Å². The number of aromatic nitrogens is 2. The smallest absolute Gasteiger partial charge is 0.139 e. The summed E-state index contributed by atoms with van der Waals surface area (Å²) >= 11 is 0. The van der Waals surface area contributed by atoms with Crippen molar-refractivity contribution in [2.75, 3.05) is 37.6 Å². The fourth-order valence-electron chi connectivity index (χ4n) is 6.33. The Balaban J connectivity index is 1.26. The van der Waals surface area contributed by atoms with Gasteiger partial charge in [0.1, 0.15) is 5.65 Å². The summed E-state index contributed by atoms with van der Waals surface area (Å²) in [6.07, 6.45) is 9.76. The first-order chi connectivity index (χ1) is 14.9. The molecule has 4 aliphatic heterocycles. The van der Waals surface area contributed by atoms with Crippen molar-refractivity contribution in [3.8, 4) is 0 Å². The molecule has 162 valence electrons. The molecule has 4 unspecified atom stereocenters. The predicted octanol–water partition coefficient (Wildman–Crippen LogP) is 2.05. The number of hydrazine groups is 1. The number of aromatic amines is 1. The summed E-state index contributed by atoms with van der Waals surface area (Å²) in [5.74, 6) is 1.42. The lowest BCUT2D eigenvalue weighted by Gasteiger charge is -2.39. The van der Waals surface area contributed by atoms with E-state index in [1.807, 2.05) is 6.20 Å². The number of anilines is 1. The van der Waals surface area contributed by atoms with Crippen LogP contribution in [0, 0.1) is 11.8 Å². The van der Waals surface area contributed by atoms with E-state index in [4.69, 9.17) is 0 Å². The summed E-state index contributed by atoms with van der Waals surface area (Å²) < 4.78 is 0. The van der Waals surface area contributed by atoms with Crippen LogP contribution in [0.15, 0.2) is 18.3 Å². The zero-order chi connectivity index (χ0) is 19.9. The maximum absolute atomic E-state index is 4.67. The summed E-state index contributed by atoms with van der Waals surface area (Å²) in [6.45, 7) is 5.72. The van der Waals surface area contributed by atoms with Gasteiger partial charge in [-0.25, -0.2) is 10.4 Å². The SMILES string of the molecule is c1cc(N2CCCCC2)c2cc(C3NNC4CNC(C5CCNCC5)CC43)[nH]c2n1. The second kappa shape index (κ2) is 8.11. The largest absolute Gasteiger partial charge is 0.371 e. The molecule has 0 spiro atoms. The molecule has 0 radical (unpaired) electrons. The van der Waals surface area contributed by atoms with Gasteiger partial charge in [-0.3, -0.25) is 5.43 Å². The third kappa shape index (κ3) is 3.42. The number of rotatable bonds is 3. The first kappa shape index (κ1) is 19.0. The van der Waals surface area contributed by atoms with Crippen molar-refractivity contribution in [2.45, 2.75) is 56.7 Å². The molecule has 30 heavy (non-hydrogen) atoms. The van der Waals surface area contributed by atoms with Crippen molar-refractivity contribution in [1.82, 2.24) is 31.5 Å². The molecule has 0 aromatic carbocycles.